The summed E-state index contributed by atoms with van der Waals surface area (Å²) in [6.07, 6.45) is 1.53. The zero-order valence-corrected chi connectivity index (χ0v) is 14.5. The normalized spacial score (nSPS) is 10.7. The van der Waals surface area contributed by atoms with E-state index < -0.39 is 17.0 Å². The van der Waals surface area contributed by atoms with Gasteiger partial charge in [0.15, 0.2) is 0 Å². The number of nitrogens with one attached hydrogen (secondary N) is 1. The first-order valence-electron chi connectivity index (χ1n) is 8.35. The highest BCUT2D eigenvalue weighted by Crippen LogP contribution is 2.10. The molecule has 0 saturated carbocycles. The third-order valence-electron chi connectivity index (χ3n) is 4.15. The molecule has 7 heteroatoms. The number of para-hydroxylation sites is 2. The van der Waals surface area contributed by atoms with Gasteiger partial charge in [0.2, 0.25) is 5.91 Å². The molecule has 0 saturated heterocycles. The van der Waals surface area contributed by atoms with Crippen LogP contribution in [0.25, 0.3) is 11.0 Å². The molecular weight excluding hydrogens is 349 g/mol. The molecule has 1 amide bonds. The number of rotatable bonds is 6. The molecule has 3 aromatic rings. The number of hydrogen-bond donors (Lipinski definition) is 1. The van der Waals surface area contributed by atoms with Crippen LogP contribution in [-0.4, -0.2) is 15.0 Å². The Morgan fingerprint density at radius 3 is 2.22 bits per heavy atom. The van der Waals surface area contributed by atoms with Gasteiger partial charge in [0.1, 0.15) is 12.4 Å². The summed E-state index contributed by atoms with van der Waals surface area (Å²) in [5, 5.41) is 2.67. The first kappa shape index (κ1) is 18.3. The molecule has 0 fully saturated rings. The summed E-state index contributed by atoms with van der Waals surface area (Å²) in [6.45, 7) is 3.71. The molecule has 0 radical (unpaired) electrons. The van der Waals surface area contributed by atoms with Crippen LogP contribution < -0.4 is 16.4 Å². The lowest BCUT2D eigenvalue weighted by molar-refractivity contribution is -0.121. The predicted octanol–water partition coefficient (Wildman–Crippen LogP) is 1.80. The number of aromatic nitrogens is 2. The average molecular weight is 367 g/mol. The summed E-state index contributed by atoms with van der Waals surface area (Å²) < 4.78 is 15.4. The fourth-order valence-corrected chi connectivity index (χ4v) is 2.84. The Bertz CT molecular complexity index is 1110. The lowest BCUT2D eigenvalue weighted by Gasteiger charge is -2.14. The smallest absolute Gasteiger partial charge is 0.317 e. The van der Waals surface area contributed by atoms with Gasteiger partial charge in [-0.2, -0.15) is 0 Å². The molecule has 0 aliphatic carbocycles. The van der Waals surface area contributed by atoms with Crippen LogP contribution in [-0.2, 0) is 24.4 Å². The Morgan fingerprint density at radius 2 is 1.59 bits per heavy atom. The number of allylic oxidation sites excluding steroid dienone is 1. The molecule has 27 heavy (non-hydrogen) atoms. The van der Waals surface area contributed by atoms with E-state index in [1.165, 1.54) is 22.8 Å². The molecule has 0 spiro atoms. The third kappa shape index (κ3) is 3.87. The van der Waals surface area contributed by atoms with Gasteiger partial charge in [-0.25, -0.2) is 4.39 Å². The lowest BCUT2D eigenvalue weighted by Crippen LogP contribution is -2.43. The van der Waals surface area contributed by atoms with E-state index in [1.54, 1.807) is 36.4 Å². The molecule has 138 valence electrons. The Labute approximate surface area is 154 Å². The Hall–Kier alpha value is -3.48. The van der Waals surface area contributed by atoms with Crippen LogP contribution in [0.5, 0.6) is 0 Å². The molecular formula is C20H18FN3O3. The van der Waals surface area contributed by atoms with E-state index in [4.69, 9.17) is 0 Å². The minimum atomic E-state index is -0.771. The number of benzene rings is 2. The van der Waals surface area contributed by atoms with E-state index in [0.29, 0.717) is 11.0 Å². The second kappa shape index (κ2) is 7.82. The van der Waals surface area contributed by atoms with Gasteiger partial charge < -0.3 is 5.32 Å². The Kier molecular flexibility index (Phi) is 5.30. The summed E-state index contributed by atoms with van der Waals surface area (Å²) in [5.41, 5.74) is 0.282. The molecule has 2 aromatic carbocycles. The van der Waals surface area contributed by atoms with Crippen LogP contribution in [0, 0.1) is 5.82 Å². The highest BCUT2D eigenvalue weighted by Gasteiger charge is 2.14. The Morgan fingerprint density at radius 1 is 1.00 bits per heavy atom. The summed E-state index contributed by atoms with van der Waals surface area (Å²) in [5.74, 6) is -0.782. The Balaban J connectivity index is 1.89. The minimum absolute atomic E-state index is 0.194. The highest BCUT2D eigenvalue weighted by molar-refractivity contribution is 5.80. The third-order valence-corrected chi connectivity index (χ3v) is 4.15. The van der Waals surface area contributed by atoms with Gasteiger partial charge in [0, 0.05) is 13.1 Å². The number of halogens is 1. The maximum Gasteiger partial charge on any atom is 0.317 e. The van der Waals surface area contributed by atoms with Crippen LogP contribution >= 0.6 is 0 Å². The molecule has 1 aromatic heterocycles. The molecule has 1 N–H and O–H groups in total. The summed E-state index contributed by atoms with van der Waals surface area (Å²) >= 11 is 0. The number of carbonyl (C=O) groups excluding carboxylic acids is 1. The molecule has 0 bridgehead atoms. The summed E-state index contributed by atoms with van der Waals surface area (Å²) in [6, 6.07) is 12.6. The van der Waals surface area contributed by atoms with Crippen LogP contribution in [0.15, 0.2) is 70.8 Å². The quantitative estimate of drug-likeness (QED) is 0.533. The van der Waals surface area contributed by atoms with Crippen molar-refractivity contribution in [3.05, 3.63) is 93.3 Å². The van der Waals surface area contributed by atoms with Gasteiger partial charge in [0.25, 0.3) is 0 Å². The fourth-order valence-electron chi connectivity index (χ4n) is 2.84. The van der Waals surface area contributed by atoms with Crippen molar-refractivity contribution in [3.8, 4) is 0 Å². The topological polar surface area (TPSA) is 73.1 Å². The van der Waals surface area contributed by atoms with Crippen molar-refractivity contribution < 1.29 is 9.18 Å². The standard InChI is InChI=1S/C20H18FN3O3/c1-2-11-23-16-5-3-4-6-17(16)24(20(27)19(23)26)13-18(25)22-12-14-7-9-15(21)10-8-14/h2-10H,1,11-13H2,(H,22,25). The number of fused-ring (bicyclic) bond motifs is 1. The zero-order valence-electron chi connectivity index (χ0n) is 14.5. The van der Waals surface area contributed by atoms with Gasteiger partial charge in [-0.05, 0) is 29.8 Å². The zero-order chi connectivity index (χ0) is 19.4. The molecule has 0 atom stereocenters. The molecule has 0 aliphatic rings. The van der Waals surface area contributed by atoms with E-state index in [1.807, 2.05) is 0 Å². The molecule has 0 aliphatic heterocycles. The number of carbonyl (C=O) groups is 1. The largest absolute Gasteiger partial charge is 0.350 e. The van der Waals surface area contributed by atoms with Crippen LogP contribution in [0.4, 0.5) is 4.39 Å². The number of hydrogen-bond acceptors (Lipinski definition) is 3. The van der Waals surface area contributed by atoms with Crippen molar-refractivity contribution in [2.24, 2.45) is 0 Å². The predicted molar refractivity (Wildman–Crippen MR) is 101 cm³/mol. The van der Waals surface area contributed by atoms with Crippen molar-refractivity contribution in [3.63, 3.8) is 0 Å². The van der Waals surface area contributed by atoms with E-state index in [2.05, 4.69) is 11.9 Å². The number of nitrogens with zero attached hydrogens (tertiary/aromatic N) is 2. The van der Waals surface area contributed by atoms with Gasteiger partial charge in [0.05, 0.1) is 11.0 Å². The summed E-state index contributed by atoms with van der Waals surface area (Å²) in [4.78, 5) is 37.2. The summed E-state index contributed by atoms with van der Waals surface area (Å²) in [7, 11) is 0. The van der Waals surface area contributed by atoms with Crippen LogP contribution in [0.2, 0.25) is 0 Å². The first-order valence-corrected chi connectivity index (χ1v) is 8.35. The van der Waals surface area contributed by atoms with Gasteiger partial charge in [-0.1, -0.05) is 30.3 Å². The SMILES string of the molecule is C=CCn1c(=O)c(=O)n(CC(=O)NCc2ccc(F)cc2)c2ccccc21. The maximum absolute atomic E-state index is 12.9. The molecule has 6 nitrogen and oxygen atoms in total. The van der Waals surface area contributed by atoms with Crippen molar-refractivity contribution in [2.75, 3.05) is 0 Å². The first-order chi connectivity index (χ1) is 13.0. The maximum atomic E-state index is 12.9. The molecule has 1 heterocycles. The monoisotopic (exact) mass is 367 g/mol. The average Bonchev–Trinajstić information content (AvgIpc) is 2.68. The van der Waals surface area contributed by atoms with Crippen molar-refractivity contribution in [1.82, 2.24) is 14.5 Å². The second-order valence-electron chi connectivity index (χ2n) is 5.99. The highest BCUT2D eigenvalue weighted by atomic mass is 19.1. The van der Waals surface area contributed by atoms with Crippen molar-refractivity contribution >= 4 is 16.9 Å². The van der Waals surface area contributed by atoms with Gasteiger partial charge in [-0.3, -0.25) is 23.5 Å². The van der Waals surface area contributed by atoms with Crippen molar-refractivity contribution in [1.29, 1.82) is 0 Å². The minimum Gasteiger partial charge on any atom is -0.350 e. The fraction of sp³-hybridized carbons (Fsp3) is 0.150. The van der Waals surface area contributed by atoms with E-state index in [9.17, 15) is 18.8 Å². The van der Waals surface area contributed by atoms with Crippen LogP contribution in [0.3, 0.4) is 0 Å². The van der Waals surface area contributed by atoms with Gasteiger partial charge >= 0.3 is 11.1 Å². The van der Waals surface area contributed by atoms with E-state index >= 15 is 0 Å². The molecule has 3 rings (SSSR count). The molecule has 0 unspecified atom stereocenters. The lowest BCUT2D eigenvalue weighted by atomic mass is 10.2. The second-order valence-corrected chi connectivity index (χ2v) is 5.99. The van der Waals surface area contributed by atoms with E-state index in [-0.39, 0.29) is 25.5 Å². The van der Waals surface area contributed by atoms with Crippen molar-refractivity contribution in [2.45, 2.75) is 19.6 Å². The van der Waals surface area contributed by atoms with E-state index in [0.717, 1.165) is 10.1 Å². The number of amides is 1. The van der Waals surface area contributed by atoms with Gasteiger partial charge in [-0.15, -0.1) is 6.58 Å². The van der Waals surface area contributed by atoms with Crippen LogP contribution in [0.1, 0.15) is 5.56 Å².